The highest BCUT2D eigenvalue weighted by Crippen LogP contribution is 2.14. The molecule has 0 aromatic carbocycles. The molecular formula is C7H12N2O. The molecule has 1 N–H and O–H groups in total. The van der Waals surface area contributed by atoms with Gasteiger partial charge in [-0.15, -0.1) is 0 Å². The summed E-state index contributed by atoms with van der Waals surface area (Å²) in [7, 11) is 0. The highest BCUT2D eigenvalue weighted by Gasteiger charge is 2.22. The summed E-state index contributed by atoms with van der Waals surface area (Å²) in [6.45, 7) is 1.79. The number of β-amino-alcohol motifs (C(OH)–C–C–N with tert-alkyl or cyclic N) is 1. The number of hydrogen-bond acceptors (Lipinski definition) is 3. The number of nitrogens with zero attached hydrogens (tertiary/aromatic N) is 2. The first-order chi connectivity index (χ1) is 4.88. The summed E-state index contributed by atoms with van der Waals surface area (Å²) >= 11 is 0. The lowest BCUT2D eigenvalue weighted by Crippen LogP contribution is -2.30. The van der Waals surface area contributed by atoms with Crippen molar-refractivity contribution < 1.29 is 5.11 Å². The van der Waals surface area contributed by atoms with Gasteiger partial charge in [-0.3, -0.25) is 4.90 Å². The van der Waals surface area contributed by atoms with E-state index in [1.807, 2.05) is 4.90 Å². The summed E-state index contributed by atoms with van der Waals surface area (Å²) in [6.07, 6.45) is 2.06. The van der Waals surface area contributed by atoms with Crippen LogP contribution >= 0.6 is 0 Å². The van der Waals surface area contributed by atoms with Crippen LogP contribution < -0.4 is 0 Å². The maximum atomic E-state index is 8.59. The zero-order chi connectivity index (χ0) is 7.40. The molecule has 1 unspecified atom stereocenters. The van der Waals surface area contributed by atoms with Crippen LogP contribution in [-0.4, -0.2) is 35.7 Å². The summed E-state index contributed by atoms with van der Waals surface area (Å²) in [6, 6.07) is 2.28. The molecule has 3 nitrogen and oxygen atoms in total. The van der Waals surface area contributed by atoms with Gasteiger partial charge in [0.1, 0.15) is 0 Å². The van der Waals surface area contributed by atoms with E-state index >= 15 is 0 Å². The largest absolute Gasteiger partial charge is 0.395 e. The van der Waals surface area contributed by atoms with Crippen LogP contribution in [0.25, 0.3) is 0 Å². The Morgan fingerprint density at radius 3 is 3.10 bits per heavy atom. The average Bonchev–Trinajstić information content (AvgIpc) is 2.36. The van der Waals surface area contributed by atoms with E-state index in [2.05, 4.69) is 6.07 Å². The predicted octanol–water partition coefficient (Wildman–Crippen LogP) is -0.0333. The van der Waals surface area contributed by atoms with Gasteiger partial charge in [-0.2, -0.15) is 5.26 Å². The Morgan fingerprint density at radius 2 is 2.50 bits per heavy atom. The van der Waals surface area contributed by atoms with E-state index < -0.39 is 0 Å². The van der Waals surface area contributed by atoms with E-state index in [1.165, 1.54) is 0 Å². The summed E-state index contributed by atoms with van der Waals surface area (Å²) in [5.41, 5.74) is 0. The highest BCUT2D eigenvalue weighted by atomic mass is 16.3. The van der Waals surface area contributed by atoms with Crippen LogP contribution in [0.15, 0.2) is 0 Å². The highest BCUT2D eigenvalue weighted by molar-refractivity contribution is 4.95. The molecule has 0 saturated carbocycles. The molecule has 1 heterocycles. The number of likely N-dealkylation sites (tertiary alicyclic amines) is 1. The number of hydrogen-bond donors (Lipinski definition) is 1. The van der Waals surface area contributed by atoms with Gasteiger partial charge in [-0.25, -0.2) is 0 Å². The van der Waals surface area contributed by atoms with Crippen molar-refractivity contribution in [3.05, 3.63) is 0 Å². The molecule has 0 radical (unpaired) electrons. The van der Waals surface area contributed by atoms with Crippen molar-refractivity contribution in [1.29, 1.82) is 5.26 Å². The van der Waals surface area contributed by atoms with Gasteiger partial charge < -0.3 is 5.11 Å². The minimum atomic E-state index is 0.0622. The molecule has 0 amide bonds. The van der Waals surface area contributed by atoms with E-state index in [-0.39, 0.29) is 12.6 Å². The number of aliphatic hydroxyl groups excluding tert-OH is 1. The van der Waals surface area contributed by atoms with Crippen molar-refractivity contribution in [2.45, 2.75) is 18.9 Å². The van der Waals surface area contributed by atoms with Crippen LogP contribution in [0, 0.1) is 11.3 Å². The molecule has 56 valence electrons. The smallest absolute Gasteiger partial charge is 0.0979 e. The number of rotatable bonds is 2. The fourth-order valence-electron chi connectivity index (χ4n) is 1.37. The molecule has 0 aromatic heterocycles. The molecule has 10 heavy (non-hydrogen) atoms. The Bertz CT molecular complexity index is 141. The first kappa shape index (κ1) is 7.52. The monoisotopic (exact) mass is 140 g/mol. The van der Waals surface area contributed by atoms with Crippen molar-refractivity contribution in [3.63, 3.8) is 0 Å². The maximum Gasteiger partial charge on any atom is 0.0979 e. The second kappa shape index (κ2) is 3.55. The molecule has 1 fully saturated rings. The minimum Gasteiger partial charge on any atom is -0.395 e. The Morgan fingerprint density at radius 1 is 1.70 bits per heavy atom. The van der Waals surface area contributed by atoms with Crippen LogP contribution in [0.5, 0.6) is 0 Å². The van der Waals surface area contributed by atoms with Crippen LogP contribution in [0.1, 0.15) is 12.8 Å². The Hall–Kier alpha value is -0.590. The second-order valence-electron chi connectivity index (χ2n) is 2.55. The third-order valence-electron chi connectivity index (χ3n) is 1.90. The van der Waals surface area contributed by atoms with Crippen LogP contribution in [0.3, 0.4) is 0 Å². The lowest BCUT2D eigenvalue weighted by Gasteiger charge is -2.16. The average molecular weight is 140 g/mol. The van der Waals surface area contributed by atoms with Gasteiger partial charge in [-0.05, 0) is 19.4 Å². The minimum absolute atomic E-state index is 0.0622. The Labute approximate surface area is 60.9 Å². The first-order valence-corrected chi connectivity index (χ1v) is 3.63. The molecular weight excluding hydrogens is 128 g/mol. The van der Waals surface area contributed by atoms with Gasteiger partial charge in [0.25, 0.3) is 0 Å². The number of aliphatic hydroxyl groups is 1. The van der Waals surface area contributed by atoms with Gasteiger partial charge in [-0.1, -0.05) is 0 Å². The van der Waals surface area contributed by atoms with Crippen molar-refractivity contribution in [1.82, 2.24) is 4.90 Å². The molecule has 0 bridgehead atoms. The number of nitriles is 1. The molecule has 1 rings (SSSR count). The summed E-state index contributed by atoms with van der Waals surface area (Å²) in [4.78, 5) is 2.03. The fraction of sp³-hybridized carbons (Fsp3) is 0.857. The van der Waals surface area contributed by atoms with Gasteiger partial charge in [0.05, 0.1) is 18.7 Å². The zero-order valence-electron chi connectivity index (χ0n) is 5.95. The normalized spacial score (nSPS) is 26.6. The molecule has 0 aromatic rings. The second-order valence-corrected chi connectivity index (χ2v) is 2.55. The Balaban J connectivity index is 2.36. The third kappa shape index (κ3) is 1.47. The lowest BCUT2D eigenvalue weighted by molar-refractivity contribution is 0.204. The predicted molar refractivity (Wildman–Crippen MR) is 37.3 cm³/mol. The van der Waals surface area contributed by atoms with Crippen LogP contribution in [-0.2, 0) is 0 Å². The van der Waals surface area contributed by atoms with Gasteiger partial charge in [0.2, 0.25) is 0 Å². The zero-order valence-corrected chi connectivity index (χ0v) is 5.95. The fourth-order valence-corrected chi connectivity index (χ4v) is 1.37. The van der Waals surface area contributed by atoms with Gasteiger partial charge >= 0.3 is 0 Å². The third-order valence-corrected chi connectivity index (χ3v) is 1.90. The summed E-state index contributed by atoms with van der Waals surface area (Å²) < 4.78 is 0. The molecule has 1 atom stereocenters. The van der Waals surface area contributed by atoms with E-state index in [9.17, 15) is 0 Å². The topological polar surface area (TPSA) is 47.3 Å². The summed E-state index contributed by atoms with van der Waals surface area (Å²) in [5.74, 6) is 0. The van der Waals surface area contributed by atoms with Crippen molar-refractivity contribution in [2.75, 3.05) is 19.7 Å². The molecule has 1 aliphatic rings. The van der Waals surface area contributed by atoms with Crippen molar-refractivity contribution in [3.8, 4) is 6.07 Å². The standard InChI is InChI=1S/C7H12N2O/c8-6-7-2-1-3-9(7)4-5-10/h7,10H,1-5H2. The van der Waals surface area contributed by atoms with Gasteiger partial charge in [0.15, 0.2) is 0 Å². The lowest BCUT2D eigenvalue weighted by atomic mass is 10.2. The first-order valence-electron chi connectivity index (χ1n) is 3.63. The van der Waals surface area contributed by atoms with E-state index in [4.69, 9.17) is 10.4 Å². The van der Waals surface area contributed by atoms with Crippen molar-refractivity contribution >= 4 is 0 Å². The van der Waals surface area contributed by atoms with E-state index in [0.29, 0.717) is 6.54 Å². The molecule has 3 heteroatoms. The van der Waals surface area contributed by atoms with Gasteiger partial charge in [0, 0.05) is 6.54 Å². The molecule has 0 aliphatic carbocycles. The maximum absolute atomic E-state index is 8.59. The van der Waals surface area contributed by atoms with E-state index in [1.54, 1.807) is 0 Å². The van der Waals surface area contributed by atoms with E-state index in [0.717, 1.165) is 19.4 Å². The quantitative estimate of drug-likeness (QED) is 0.585. The molecule has 0 spiro atoms. The van der Waals surface area contributed by atoms with Crippen molar-refractivity contribution in [2.24, 2.45) is 0 Å². The molecule has 1 aliphatic heterocycles. The summed E-state index contributed by atoms with van der Waals surface area (Å²) in [5, 5.41) is 17.2. The SMILES string of the molecule is N#CC1CCCN1CCO. The Kier molecular flexibility index (Phi) is 2.67. The van der Waals surface area contributed by atoms with Crippen LogP contribution in [0.4, 0.5) is 0 Å². The van der Waals surface area contributed by atoms with Crippen LogP contribution in [0.2, 0.25) is 0 Å². The molecule has 1 saturated heterocycles.